The molecule has 4 nitrogen and oxygen atoms in total. The van der Waals surface area contributed by atoms with Crippen molar-refractivity contribution in [2.75, 3.05) is 33.9 Å². The third-order valence-corrected chi connectivity index (χ3v) is 6.43. The fourth-order valence-corrected chi connectivity index (χ4v) is 5.55. The number of methoxy groups -OCH3 is 2. The van der Waals surface area contributed by atoms with Crippen molar-refractivity contribution in [3.05, 3.63) is 29.5 Å². The van der Waals surface area contributed by atoms with E-state index in [9.17, 15) is 0 Å². The van der Waals surface area contributed by atoms with Crippen molar-refractivity contribution in [2.45, 2.75) is 24.8 Å². The Hall–Kier alpha value is -1.52. The van der Waals surface area contributed by atoms with Gasteiger partial charge in [-0.25, -0.2) is 0 Å². The summed E-state index contributed by atoms with van der Waals surface area (Å²) in [6.45, 7) is 3.35. The second-order valence-electron chi connectivity index (χ2n) is 7.39. The first-order chi connectivity index (χ1) is 11.3. The summed E-state index contributed by atoms with van der Waals surface area (Å²) < 4.78 is 11.0. The van der Waals surface area contributed by atoms with Gasteiger partial charge in [0.05, 0.1) is 13.7 Å². The van der Waals surface area contributed by atoms with Crippen LogP contribution in [0.1, 0.15) is 23.6 Å². The molecule has 4 heteroatoms. The number of rotatable bonds is 3. The van der Waals surface area contributed by atoms with Gasteiger partial charge in [0.2, 0.25) is 0 Å². The molecule has 1 aromatic heterocycles. The Morgan fingerprint density at radius 2 is 2.22 bits per heavy atom. The van der Waals surface area contributed by atoms with Crippen LogP contribution in [0.15, 0.2) is 18.2 Å². The van der Waals surface area contributed by atoms with E-state index < -0.39 is 0 Å². The van der Waals surface area contributed by atoms with Crippen LogP contribution < -0.4 is 4.74 Å². The quantitative estimate of drug-likeness (QED) is 0.947. The molecule has 4 unspecified atom stereocenters. The molecule has 2 aromatic rings. The Balaban J connectivity index is 1.62. The van der Waals surface area contributed by atoms with Gasteiger partial charge in [-0.05, 0) is 42.5 Å². The Morgan fingerprint density at radius 1 is 1.30 bits per heavy atom. The van der Waals surface area contributed by atoms with Gasteiger partial charge in [0, 0.05) is 54.7 Å². The van der Waals surface area contributed by atoms with Gasteiger partial charge in [-0.1, -0.05) is 0 Å². The van der Waals surface area contributed by atoms with Gasteiger partial charge in [-0.2, -0.15) is 0 Å². The van der Waals surface area contributed by atoms with E-state index in [0.717, 1.165) is 24.7 Å². The van der Waals surface area contributed by atoms with Crippen LogP contribution in [0.2, 0.25) is 0 Å². The third kappa shape index (κ3) is 1.85. The lowest BCUT2D eigenvalue weighted by molar-refractivity contribution is 0.125. The van der Waals surface area contributed by atoms with Gasteiger partial charge in [-0.3, -0.25) is 4.90 Å². The van der Waals surface area contributed by atoms with E-state index in [2.05, 4.69) is 28.1 Å². The molecular formula is C19H24N2O2. The molecule has 0 radical (unpaired) electrons. The summed E-state index contributed by atoms with van der Waals surface area (Å²) >= 11 is 0. The van der Waals surface area contributed by atoms with Crippen LogP contribution in [-0.2, 0) is 11.2 Å². The number of nitrogens with one attached hydrogen (secondary N) is 1. The summed E-state index contributed by atoms with van der Waals surface area (Å²) in [6.07, 6.45) is 2.45. The lowest BCUT2D eigenvalue weighted by atomic mass is 9.93. The molecule has 2 bridgehead atoms. The summed E-state index contributed by atoms with van der Waals surface area (Å²) in [5, 5.41) is 1.36. The predicted octanol–water partition coefficient (Wildman–Crippen LogP) is 2.78. The Morgan fingerprint density at radius 3 is 3.04 bits per heavy atom. The van der Waals surface area contributed by atoms with E-state index in [1.165, 1.54) is 41.7 Å². The molecular weight excluding hydrogens is 288 g/mol. The lowest BCUT2D eigenvalue weighted by Gasteiger charge is -2.31. The molecule has 5 rings (SSSR count). The number of fused-ring (bicyclic) bond motifs is 5. The number of piperidine rings is 1. The monoisotopic (exact) mass is 312 g/mol. The number of hydrogen-bond donors (Lipinski definition) is 1. The van der Waals surface area contributed by atoms with Crippen molar-refractivity contribution in [3.63, 3.8) is 0 Å². The molecule has 122 valence electrons. The van der Waals surface area contributed by atoms with E-state index in [0.29, 0.717) is 17.9 Å². The summed E-state index contributed by atoms with van der Waals surface area (Å²) in [4.78, 5) is 6.48. The lowest BCUT2D eigenvalue weighted by Crippen LogP contribution is -2.38. The first-order valence-electron chi connectivity index (χ1n) is 8.71. The van der Waals surface area contributed by atoms with E-state index in [1.807, 2.05) is 7.11 Å². The van der Waals surface area contributed by atoms with Crippen LogP contribution in [0.25, 0.3) is 10.9 Å². The Labute approximate surface area is 136 Å². The molecule has 1 saturated heterocycles. The molecule has 1 aromatic carbocycles. The van der Waals surface area contributed by atoms with Crippen LogP contribution in [0.4, 0.5) is 0 Å². The second-order valence-corrected chi connectivity index (χ2v) is 7.39. The van der Waals surface area contributed by atoms with Crippen molar-refractivity contribution < 1.29 is 9.47 Å². The largest absolute Gasteiger partial charge is 0.497 e. The summed E-state index contributed by atoms with van der Waals surface area (Å²) in [6, 6.07) is 7.09. The minimum Gasteiger partial charge on any atom is -0.497 e. The molecule has 3 aliphatic rings. The van der Waals surface area contributed by atoms with Crippen molar-refractivity contribution in [3.8, 4) is 5.75 Å². The van der Waals surface area contributed by atoms with Gasteiger partial charge in [0.1, 0.15) is 5.75 Å². The highest BCUT2D eigenvalue weighted by Crippen LogP contribution is 2.53. The first-order valence-corrected chi connectivity index (χ1v) is 8.71. The fraction of sp³-hybridized carbons (Fsp3) is 0.579. The number of H-pyrrole nitrogens is 1. The molecule has 3 heterocycles. The van der Waals surface area contributed by atoms with Crippen LogP contribution in [0.5, 0.6) is 5.75 Å². The molecule has 0 amide bonds. The normalized spacial score (nSPS) is 32.3. The number of benzene rings is 1. The maximum atomic E-state index is 5.54. The predicted molar refractivity (Wildman–Crippen MR) is 90.1 cm³/mol. The highest BCUT2D eigenvalue weighted by molar-refractivity contribution is 5.86. The topological polar surface area (TPSA) is 37.5 Å². The fourth-order valence-electron chi connectivity index (χ4n) is 5.55. The molecule has 0 spiro atoms. The van der Waals surface area contributed by atoms with Gasteiger partial charge in [0.15, 0.2) is 0 Å². The summed E-state index contributed by atoms with van der Waals surface area (Å²) in [5.41, 5.74) is 4.27. The molecule has 1 N–H and O–H groups in total. The average Bonchev–Trinajstić information content (AvgIpc) is 3.19. The van der Waals surface area contributed by atoms with Crippen LogP contribution in [-0.4, -0.2) is 49.8 Å². The number of aromatic nitrogens is 1. The van der Waals surface area contributed by atoms with Gasteiger partial charge >= 0.3 is 0 Å². The van der Waals surface area contributed by atoms with Crippen molar-refractivity contribution in [1.29, 1.82) is 0 Å². The number of nitrogens with zero attached hydrogens (tertiary/aromatic N) is 1. The van der Waals surface area contributed by atoms with E-state index in [4.69, 9.17) is 9.47 Å². The minimum atomic E-state index is 0.643. The highest BCUT2D eigenvalue weighted by atomic mass is 16.5. The molecule has 1 aliphatic carbocycles. The molecule has 2 aliphatic heterocycles. The molecule has 23 heavy (non-hydrogen) atoms. The maximum Gasteiger partial charge on any atom is 0.119 e. The zero-order chi connectivity index (χ0) is 15.6. The third-order valence-electron chi connectivity index (χ3n) is 6.43. The average molecular weight is 312 g/mol. The van der Waals surface area contributed by atoms with Gasteiger partial charge in [0.25, 0.3) is 0 Å². The standard InChI is InChI=1S/C19H24N2O2/c1-22-10-16-11-7-15-18-13(5-6-21(9-11)19(15)16)14-8-12(23-2)3-4-17(14)20-18/h3-4,8,11,15-16,19-20H,5-7,9-10H2,1-2H3. The summed E-state index contributed by atoms with van der Waals surface area (Å²) in [5.74, 6) is 3.10. The zero-order valence-corrected chi connectivity index (χ0v) is 13.8. The molecule has 4 atom stereocenters. The van der Waals surface area contributed by atoms with Gasteiger partial charge < -0.3 is 14.5 Å². The molecule has 2 fully saturated rings. The second kappa shape index (κ2) is 4.99. The maximum absolute atomic E-state index is 5.54. The van der Waals surface area contributed by atoms with E-state index in [1.54, 1.807) is 7.11 Å². The highest BCUT2D eigenvalue weighted by Gasteiger charge is 2.54. The Bertz CT molecular complexity index is 753. The summed E-state index contributed by atoms with van der Waals surface area (Å²) in [7, 11) is 3.59. The minimum absolute atomic E-state index is 0.643. The Kier molecular flexibility index (Phi) is 3.01. The smallest absolute Gasteiger partial charge is 0.119 e. The number of aromatic amines is 1. The zero-order valence-electron chi connectivity index (χ0n) is 13.8. The van der Waals surface area contributed by atoms with Crippen molar-refractivity contribution in [2.24, 2.45) is 11.8 Å². The van der Waals surface area contributed by atoms with Crippen molar-refractivity contribution in [1.82, 2.24) is 9.88 Å². The van der Waals surface area contributed by atoms with Crippen molar-refractivity contribution >= 4 is 10.9 Å². The van der Waals surface area contributed by atoms with Gasteiger partial charge in [-0.15, -0.1) is 0 Å². The number of ether oxygens (including phenoxy) is 2. The SMILES string of the molecule is COCC1C2CC3c4[nH]c5ccc(OC)cc5c4CCN(C2)C31. The van der Waals surface area contributed by atoms with Crippen LogP contribution in [0.3, 0.4) is 0 Å². The van der Waals surface area contributed by atoms with Crippen LogP contribution >= 0.6 is 0 Å². The first kappa shape index (κ1) is 13.9. The van der Waals surface area contributed by atoms with E-state index >= 15 is 0 Å². The van der Waals surface area contributed by atoms with Crippen LogP contribution in [0, 0.1) is 11.8 Å². The number of hydrogen-bond acceptors (Lipinski definition) is 3. The molecule has 1 saturated carbocycles. The van der Waals surface area contributed by atoms with E-state index in [-0.39, 0.29) is 0 Å².